The predicted molar refractivity (Wildman–Crippen MR) is 82.5 cm³/mol. The zero-order chi connectivity index (χ0) is 15.1. The average Bonchev–Trinajstić information content (AvgIpc) is 3.08. The molecule has 0 radical (unpaired) electrons. The van der Waals surface area contributed by atoms with E-state index in [1.807, 2.05) is 12.1 Å². The van der Waals surface area contributed by atoms with Gasteiger partial charge >= 0.3 is 0 Å². The van der Waals surface area contributed by atoms with E-state index in [1.54, 1.807) is 0 Å². The molecule has 0 aromatic carbocycles. The monoisotopic (exact) mass is 329 g/mol. The van der Waals surface area contributed by atoms with Crippen molar-refractivity contribution in [3.8, 4) is 11.8 Å². The van der Waals surface area contributed by atoms with Crippen LogP contribution < -0.4 is 4.72 Å². The molecular weight excluding hydrogens is 310 g/mol. The van der Waals surface area contributed by atoms with Crippen LogP contribution in [0.25, 0.3) is 0 Å². The standard InChI is InChI=1S/C14H19NO4S2/c16-8-2-1-5-13-6-7-14(20-13)10-15-21(17,18)11-12-4-3-9-19-12/h6-7,12,15-16H,2-4,8-11H2. The fourth-order valence-corrected chi connectivity index (χ4v) is 4.17. The van der Waals surface area contributed by atoms with Gasteiger partial charge in [0.1, 0.15) is 0 Å². The number of hydrogen-bond acceptors (Lipinski definition) is 5. The minimum Gasteiger partial charge on any atom is -0.395 e. The number of hydrogen-bond donors (Lipinski definition) is 2. The summed E-state index contributed by atoms with van der Waals surface area (Å²) in [7, 11) is -3.31. The number of ether oxygens (including phenoxy) is 1. The molecule has 7 heteroatoms. The molecule has 0 saturated carbocycles. The summed E-state index contributed by atoms with van der Waals surface area (Å²) in [5.74, 6) is 5.80. The van der Waals surface area contributed by atoms with Gasteiger partial charge in [-0.3, -0.25) is 0 Å². The summed E-state index contributed by atoms with van der Waals surface area (Å²) >= 11 is 1.45. The molecule has 116 valence electrons. The Morgan fingerprint density at radius 2 is 2.33 bits per heavy atom. The summed E-state index contributed by atoms with van der Waals surface area (Å²) in [6, 6.07) is 3.72. The molecule has 1 aromatic heterocycles. The Balaban J connectivity index is 1.83. The molecular formula is C14H19NO4S2. The average molecular weight is 329 g/mol. The molecule has 1 saturated heterocycles. The largest absolute Gasteiger partial charge is 0.395 e. The van der Waals surface area contributed by atoms with Crippen LogP contribution in [0.4, 0.5) is 0 Å². The Kier molecular flexibility index (Phi) is 6.21. The van der Waals surface area contributed by atoms with Crippen LogP contribution in [-0.2, 0) is 21.3 Å². The molecule has 0 bridgehead atoms. The molecule has 5 nitrogen and oxygen atoms in total. The van der Waals surface area contributed by atoms with Crippen LogP contribution >= 0.6 is 11.3 Å². The summed E-state index contributed by atoms with van der Waals surface area (Å²) in [6.45, 7) is 0.983. The first-order valence-electron chi connectivity index (χ1n) is 6.86. The Bertz CT molecular complexity index is 606. The second kappa shape index (κ2) is 7.92. The van der Waals surface area contributed by atoms with E-state index in [2.05, 4.69) is 16.6 Å². The molecule has 2 rings (SSSR count). The third-order valence-corrected chi connectivity index (χ3v) is 5.40. The van der Waals surface area contributed by atoms with Gasteiger partial charge < -0.3 is 9.84 Å². The molecule has 21 heavy (non-hydrogen) atoms. The summed E-state index contributed by atoms with van der Waals surface area (Å²) in [5, 5.41) is 8.65. The van der Waals surface area contributed by atoms with E-state index in [-0.39, 0.29) is 25.0 Å². The van der Waals surface area contributed by atoms with Crippen molar-refractivity contribution >= 4 is 21.4 Å². The van der Waals surface area contributed by atoms with Gasteiger partial charge in [-0.25, -0.2) is 13.1 Å². The molecule has 1 aliphatic rings. The normalized spacial score (nSPS) is 18.4. The van der Waals surface area contributed by atoms with Crippen LogP contribution in [0, 0.1) is 11.8 Å². The second-order valence-electron chi connectivity index (χ2n) is 4.78. The maximum Gasteiger partial charge on any atom is 0.214 e. The molecule has 0 aliphatic carbocycles. The van der Waals surface area contributed by atoms with Crippen LogP contribution in [0.1, 0.15) is 29.0 Å². The van der Waals surface area contributed by atoms with E-state index >= 15 is 0 Å². The molecule has 1 aliphatic heterocycles. The molecule has 1 aromatic rings. The van der Waals surface area contributed by atoms with Gasteiger partial charge in [-0.15, -0.1) is 11.3 Å². The number of aliphatic hydroxyl groups excluding tert-OH is 1. The molecule has 1 unspecified atom stereocenters. The van der Waals surface area contributed by atoms with Crippen LogP contribution in [0.15, 0.2) is 12.1 Å². The third kappa shape index (κ3) is 5.77. The molecule has 0 spiro atoms. The number of rotatable bonds is 6. The number of nitrogens with one attached hydrogen (secondary N) is 1. The summed E-state index contributed by atoms with van der Waals surface area (Å²) in [6.07, 6.45) is 2.01. The Hall–Kier alpha value is -0.910. The number of aliphatic hydroxyl groups is 1. The first kappa shape index (κ1) is 16.5. The Morgan fingerprint density at radius 3 is 3.05 bits per heavy atom. The van der Waals surface area contributed by atoms with Crippen molar-refractivity contribution in [3.05, 3.63) is 21.9 Å². The molecule has 2 heterocycles. The highest BCUT2D eigenvalue weighted by molar-refractivity contribution is 7.89. The minimum absolute atomic E-state index is 0.0293. The van der Waals surface area contributed by atoms with Crippen molar-refractivity contribution in [2.24, 2.45) is 0 Å². The van der Waals surface area contributed by atoms with Crippen molar-refractivity contribution < 1.29 is 18.3 Å². The van der Waals surface area contributed by atoms with Crippen LogP contribution in [0.3, 0.4) is 0 Å². The first-order chi connectivity index (χ1) is 10.1. The smallest absolute Gasteiger partial charge is 0.214 e. The van der Waals surface area contributed by atoms with Gasteiger partial charge in [0, 0.05) is 24.4 Å². The fraction of sp³-hybridized carbons (Fsp3) is 0.571. The van der Waals surface area contributed by atoms with Gasteiger partial charge in [-0.05, 0) is 25.0 Å². The van der Waals surface area contributed by atoms with E-state index in [9.17, 15) is 8.42 Å². The molecule has 0 amide bonds. The highest BCUT2D eigenvalue weighted by Gasteiger charge is 2.23. The van der Waals surface area contributed by atoms with Crippen molar-refractivity contribution in [2.75, 3.05) is 19.0 Å². The summed E-state index contributed by atoms with van der Waals surface area (Å²) in [4.78, 5) is 1.79. The summed E-state index contributed by atoms with van der Waals surface area (Å²) in [5.41, 5.74) is 0. The third-order valence-electron chi connectivity index (χ3n) is 3.01. The molecule has 1 atom stereocenters. The molecule has 2 N–H and O–H groups in total. The van der Waals surface area contributed by atoms with Crippen LogP contribution in [0.2, 0.25) is 0 Å². The topological polar surface area (TPSA) is 75.6 Å². The van der Waals surface area contributed by atoms with Gasteiger partial charge in [-0.2, -0.15) is 0 Å². The van der Waals surface area contributed by atoms with Crippen molar-refractivity contribution in [1.82, 2.24) is 4.72 Å². The number of sulfonamides is 1. The lowest BCUT2D eigenvalue weighted by atomic mass is 10.3. The van der Waals surface area contributed by atoms with E-state index in [1.165, 1.54) is 11.3 Å². The quantitative estimate of drug-likeness (QED) is 0.766. The summed E-state index contributed by atoms with van der Waals surface area (Å²) < 4.78 is 31.8. The van der Waals surface area contributed by atoms with Crippen LogP contribution in [-0.4, -0.2) is 38.6 Å². The maximum absolute atomic E-state index is 11.9. The predicted octanol–water partition coefficient (Wildman–Crippen LogP) is 1.08. The SMILES string of the molecule is O=S(=O)(CC1CCCO1)NCc1ccc(C#CCCO)s1. The fourth-order valence-electron chi connectivity index (χ4n) is 2.01. The van der Waals surface area contributed by atoms with Crippen LogP contribution in [0.5, 0.6) is 0 Å². The zero-order valence-electron chi connectivity index (χ0n) is 11.7. The van der Waals surface area contributed by atoms with E-state index in [0.717, 1.165) is 22.6 Å². The maximum atomic E-state index is 11.9. The highest BCUT2D eigenvalue weighted by Crippen LogP contribution is 2.17. The Morgan fingerprint density at radius 1 is 1.48 bits per heavy atom. The zero-order valence-corrected chi connectivity index (χ0v) is 13.3. The molecule has 1 fully saturated rings. The van der Waals surface area contributed by atoms with E-state index in [4.69, 9.17) is 9.84 Å². The van der Waals surface area contributed by atoms with Gasteiger partial charge in [0.2, 0.25) is 10.0 Å². The van der Waals surface area contributed by atoms with Crippen molar-refractivity contribution in [3.63, 3.8) is 0 Å². The van der Waals surface area contributed by atoms with Gasteiger partial charge in [0.05, 0.1) is 23.3 Å². The lowest BCUT2D eigenvalue weighted by Crippen LogP contribution is -2.31. The number of thiophene rings is 1. The van der Waals surface area contributed by atoms with Crippen molar-refractivity contribution in [1.29, 1.82) is 0 Å². The second-order valence-corrected chi connectivity index (χ2v) is 7.80. The lowest BCUT2D eigenvalue weighted by molar-refractivity contribution is 0.127. The van der Waals surface area contributed by atoms with Gasteiger partial charge in [0.25, 0.3) is 0 Å². The van der Waals surface area contributed by atoms with Gasteiger partial charge in [0.15, 0.2) is 0 Å². The van der Waals surface area contributed by atoms with Crippen molar-refractivity contribution in [2.45, 2.75) is 31.9 Å². The highest BCUT2D eigenvalue weighted by atomic mass is 32.2. The van der Waals surface area contributed by atoms with Gasteiger partial charge in [-0.1, -0.05) is 11.8 Å². The lowest BCUT2D eigenvalue weighted by Gasteiger charge is -2.10. The van der Waals surface area contributed by atoms with E-state index < -0.39 is 10.0 Å². The van der Waals surface area contributed by atoms with E-state index in [0.29, 0.717) is 13.0 Å². The first-order valence-corrected chi connectivity index (χ1v) is 9.33. The Labute approximate surface area is 129 Å². The minimum atomic E-state index is -3.31.